The van der Waals surface area contributed by atoms with Crippen LogP contribution < -0.4 is 0 Å². The van der Waals surface area contributed by atoms with E-state index in [0.717, 1.165) is 67.6 Å². The van der Waals surface area contributed by atoms with Crippen LogP contribution in [0.25, 0.3) is 73.5 Å². The number of hydrogen-bond acceptors (Lipinski definition) is 4. The van der Waals surface area contributed by atoms with Gasteiger partial charge in [-0.2, -0.15) is 0 Å². The first-order valence-corrected chi connectivity index (χ1v) is 20.5. The summed E-state index contributed by atoms with van der Waals surface area (Å²) < 4.78 is 0. The SMILES string of the molecule is C1=CC2c3ccccc3N=C(c3ccc(-c4cc(-c5ccc(-c6ccccc6)cc5)nc(-c5ccc(-c6ccccc6)cc5)n4)cc3)C2c2ccc(-c3ccccc3)nc21. The van der Waals surface area contributed by atoms with Gasteiger partial charge in [-0.15, -0.1) is 0 Å². The maximum atomic E-state index is 5.38. The Labute approximate surface area is 350 Å². The number of para-hydroxylation sites is 1. The van der Waals surface area contributed by atoms with E-state index in [1.807, 2.05) is 18.2 Å². The molecule has 4 nitrogen and oxygen atoms in total. The lowest BCUT2D eigenvalue weighted by atomic mass is 9.71. The quantitative estimate of drug-likeness (QED) is 0.162. The van der Waals surface area contributed by atoms with E-state index in [4.69, 9.17) is 19.9 Å². The Morgan fingerprint density at radius 2 is 0.800 bits per heavy atom. The highest BCUT2D eigenvalue weighted by Crippen LogP contribution is 2.49. The van der Waals surface area contributed by atoms with Gasteiger partial charge < -0.3 is 0 Å². The number of benzene rings is 7. The first-order valence-electron chi connectivity index (χ1n) is 20.5. The molecule has 2 atom stereocenters. The number of pyridine rings is 1. The Balaban J connectivity index is 0.978. The first kappa shape index (κ1) is 35.4. The van der Waals surface area contributed by atoms with Crippen LogP contribution in [0, 0.1) is 0 Å². The molecule has 4 heteroatoms. The summed E-state index contributed by atoms with van der Waals surface area (Å²) in [6, 6.07) is 72.3. The Morgan fingerprint density at radius 1 is 0.333 bits per heavy atom. The molecular weight excluding hydrogens is 729 g/mol. The minimum absolute atomic E-state index is 0.0260. The van der Waals surface area contributed by atoms with Crippen LogP contribution in [-0.2, 0) is 0 Å². The van der Waals surface area contributed by atoms with Crippen LogP contribution in [-0.4, -0.2) is 20.7 Å². The van der Waals surface area contributed by atoms with Crippen LogP contribution in [0.2, 0.25) is 0 Å². The zero-order valence-corrected chi connectivity index (χ0v) is 32.7. The maximum absolute atomic E-state index is 5.38. The molecule has 1 aliphatic carbocycles. The zero-order valence-electron chi connectivity index (χ0n) is 32.7. The molecule has 9 aromatic rings. The first-order chi connectivity index (χ1) is 29.7. The van der Waals surface area contributed by atoms with Crippen LogP contribution in [0.3, 0.4) is 0 Å². The lowest BCUT2D eigenvalue weighted by Crippen LogP contribution is -2.26. The lowest BCUT2D eigenvalue weighted by molar-refractivity contribution is 0.745. The van der Waals surface area contributed by atoms with Gasteiger partial charge in [-0.05, 0) is 63.2 Å². The fraction of sp³-hybridized carbons (Fsp3) is 0.0357. The molecule has 0 radical (unpaired) electrons. The van der Waals surface area contributed by atoms with Crippen molar-refractivity contribution in [3.8, 4) is 67.4 Å². The molecule has 11 rings (SSSR count). The molecule has 1 aliphatic heterocycles. The molecule has 0 N–H and O–H groups in total. The smallest absolute Gasteiger partial charge is 0.160 e. The number of fused-ring (bicyclic) bond motifs is 5. The van der Waals surface area contributed by atoms with Crippen molar-refractivity contribution in [2.24, 2.45) is 4.99 Å². The van der Waals surface area contributed by atoms with Gasteiger partial charge in [0.05, 0.1) is 34.2 Å². The van der Waals surface area contributed by atoms with Crippen molar-refractivity contribution in [1.29, 1.82) is 0 Å². The highest BCUT2D eigenvalue weighted by molar-refractivity contribution is 6.09. The summed E-state index contributed by atoms with van der Waals surface area (Å²) in [5.41, 5.74) is 18.1. The normalized spacial score (nSPS) is 15.0. The van der Waals surface area contributed by atoms with Crippen LogP contribution in [0.4, 0.5) is 5.69 Å². The second kappa shape index (κ2) is 15.2. The molecule has 0 saturated heterocycles. The summed E-state index contributed by atoms with van der Waals surface area (Å²) in [4.78, 5) is 20.9. The molecular formula is C56H38N4. The minimum atomic E-state index is 0.0260. The van der Waals surface area contributed by atoms with Crippen molar-refractivity contribution in [1.82, 2.24) is 15.0 Å². The number of aliphatic imine (C=N–C) groups is 1. The lowest BCUT2D eigenvalue weighted by Gasteiger charge is -2.35. The van der Waals surface area contributed by atoms with Crippen molar-refractivity contribution in [3.05, 3.63) is 235 Å². The summed E-state index contributed by atoms with van der Waals surface area (Å²) in [6.45, 7) is 0. The summed E-state index contributed by atoms with van der Waals surface area (Å²) in [7, 11) is 0. The van der Waals surface area contributed by atoms with E-state index in [9.17, 15) is 0 Å². The number of allylic oxidation sites excluding steroid dienone is 1. The van der Waals surface area contributed by atoms with Crippen LogP contribution >= 0.6 is 0 Å². The molecule has 7 aromatic carbocycles. The highest BCUT2D eigenvalue weighted by Gasteiger charge is 2.37. The van der Waals surface area contributed by atoms with E-state index in [1.165, 1.54) is 27.8 Å². The Morgan fingerprint density at radius 3 is 1.40 bits per heavy atom. The molecule has 282 valence electrons. The molecule has 0 fully saturated rings. The van der Waals surface area contributed by atoms with E-state index >= 15 is 0 Å². The van der Waals surface area contributed by atoms with Gasteiger partial charge in [-0.3, -0.25) is 4.99 Å². The van der Waals surface area contributed by atoms with Gasteiger partial charge in [0.2, 0.25) is 0 Å². The Bertz CT molecular complexity index is 2940. The molecule has 0 amide bonds. The molecule has 2 aromatic heterocycles. The van der Waals surface area contributed by atoms with Crippen molar-refractivity contribution in [2.75, 3.05) is 0 Å². The summed E-state index contributed by atoms with van der Waals surface area (Å²) in [5, 5.41) is 0. The van der Waals surface area contributed by atoms with E-state index in [2.05, 4.69) is 200 Å². The van der Waals surface area contributed by atoms with Crippen LogP contribution in [0.1, 0.15) is 34.2 Å². The minimum Gasteiger partial charge on any atom is -0.252 e. The van der Waals surface area contributed by atoms with Gasteiger partial charge in [0.15, 0.2) is 5.82 Å². The van der Waals surface area contributed by atoms with Gasteiger partial charge in [-0.1, -0.05) is 194 Å². The van der Waals surface area contributed by atoms with Gasteiger partial charge in [0.1, 0.15) is 0 Å². The van der Waals surface area contributed by atoms with Gasteiger partial charge in [-0.25, -0.2) is 15.0 Å². The molecule has 0 saturated carbocycles. The average molecular weight is 767 g/mol. The number of rotatable bonds is 7. The third kappa shape index (κ3) is 6.64. The highest BCUT2D eigenvalue weighted by atomic mass is 14.9. The van der Waals surface area contributed by atoms with E-state index in [-0.39, 0.29) is 11.8 Å². The van der Waals surface area contributed by atoms with Gasteiger partial charge in [0.25, 0.3) is 0 Å². The zero-order chi connectivity index (χ0) is 39.8. The van der Waals surface area contributed by atoms with Crippen LogP contribution in [0.5, 0.6) is 0 Å². The molecule has 0 spiro atoms. The van der Waals surface area contributed by atoms with Crippen LogP contribution in [0.15, 0.2) is 217 Å². The predicted octanol–water partition coefficient (Wildman–Crippen LogP) is 13.9. The fourth-order valence-electron chi connectivity index (χ4n) is 8.66. The predicted molar refractivity (Wildman–Crippen MR) is 246 cm³/mol. The summed E-state index contributed by atoms with van der Waals surface area (Å²) in [5.74, 6) is 0.860. The van der Waals surface area contributed by atoms with E-state index in [1.54, 1.807) is 0 Å². The standard InChI is InChI=1S/C56H38N4/c1-4-12-37(13-5-1)39-20-24-42(25-21-39)52-36-53(60-56(59-52)45-30-22-40(23-31-45)38-14-6-2-7-15-38)43-26-28-44(29-27-43)55-54-47(46-18-10-11-19-50(46)58-55)32-35-51-48(54)33-34-49(57-51)41-16-8-3-9-17-41/h1-36,47,54H. The Hall–Kier alpha value is -7.82. The topological polar surface area (TPSA) is 51.0 Å². The molecule has 3 heterocycles. The largest absolute Gasteiger partial charge is 0.252 e. The second-order valence-electron chi connectivity index (χ2n) is 15.4. The van der Waals surface area contributed by atoms with Gasteiger partial charge in [0, 0.05) is 34.1 Å². The summed E-state index contributed by atoms with van der Waals surface area (Å²) in [6.07, 6.45) is 4.51. The number of nitrogens with zero attached hydrogens (tertiary/aromatic N) is 4. The number of aromatic nitrogens is 3. The second-order valence-corrected chi connectivity index (χ2v) is 15.4. The third-order valence-electron chi connectivity index (χ3n) is 11.8. The van der Waals surface area contributed by atoms with Crippen molar-refractivity contribution < 1.29 is 0 Å². The monoisotopic (exact) mass is 766 g/mol. The Kier molecular flexibility index (Phi) is 8.94. The van der Waals surface area contributed by atoms with Crippen molar-refractivity contribution in [3.63, 3.8) is 0 Å². The molecule has 2 unspecified atom stereocenters. The van der Waals surface area contributed by atoms with E-state index < -0.39 is 0 Å². The third-order valence-corrected chi connectivity index (χ3v) is 11.8. The fourth-order valence-corrected chi connectivity index (χ4v) is 8.66. The summed E-state index contributed by atoms with van der Waals surface area (Å²) >= 11 is 0. The van der Waals surface area contributed by atoms with Crippen molar-refractivity contribution in [2.45, 2.75) is 11.8 Å². The van der Waals surface area contributed by atoms with Gasteiger partial charge >= 0.3 is 0 Å². The molecule has 0 bridgehead atoms. The van der Waals surface area contributed by atoms with E-state index in [0.29, 0.717) is 5.82 Å². The molecule has 2 aliphatic rings. The average Bonchev–Trinajstić information content (AvgIpc) is 3.34. The van der Waals surface area contributed by atoms with Crippen molar-refractivity contribution >= 4 is 17.5 Å². The maximum Gasteiger partial charge on any atom is 0.160 e. The number of hydrogen-bond donors (Lipinski definition) is 0. The molecule has 60 heavy (non-hydrogen) atoms.